The molecule has 4 N–H and O–H groups in total. The third-order valence-electron chi connectivity index (χ3n) is 6.22. The van der Waals surface area contributed by atoms with E-state index in [2.05, 4.69) is 20.8 Å². The third kappa shape index (κ3) is 6.83. The van der Waals surface area contributed by atoms with Gasteiger partial charge < -0.3 is 20.4 Å². The minimum Gasteiger partial charge on any atom is -0.508 e. The van der Waals surface area contributed by atoms with Gasteiger partial charge in [-0.25, -0.2) is 0 Å². The van der Waals surface area contributed by atoms with Gasteiger partial charge in [0.15, 0.2) is 11.5 Å². The first-order chi connectivity index (χ1) is 13.6. The monoisotopic (exact) mass is 406 g/mol. The molecule has 164 valence electrons. The third-order valence-corrected chi connectivity index (χ3v) is 6.22. The van der Waals surface area contributed by atoms with E-state index in [4.69, 9.17) is 0 Å². The van der Waals surface area contributed by atoms with Gasteiger partial charge in [0.05, 0.1) is 5.41 Å². The van der Waals surface area contributed by atoms with Gasteiger partial charge in [0.25, 0.3) is 0 Å². The largest absolute Gasteiger partial charge is 0.508 e. The quantitative estimate of drug-likeness (QED) is 0.196. The van der Waals surface area contributed by atoms with Crippen LogP contribution >= 0.6 is 0 Å². The molecule has 1 aromatic rings. The molecule has 1 aromatic carbocycles. The van der Waals surface area contributed by atoms with Gasteiger partial charge >= 0.3 is 5.97 Å². The van der Waals surface area contributed by atoms with Crippen molar-refractivity contribution in [3.05, 3.63) is 17.2 Å². The number of hydrogen-bond donors (Lipinski definition) is 4. The van der Waals surface area contributed by atoms with E-state index in [1.165, 1.54) is 6.07 Å². The summed E-state index contributed by atoms with van der Waals surface area (Å²) in [6.07, 6.45) is 10.3. The summed E-state index contributed by atoms with van der Waals surface area (Å²) in [5.41, 5.74) is 1.21. The van der Waals surface area contributed by atoms with Gasteiger partial charge in [0, 0.05) is 17.2 Å². The second kappa shape index (κ2) is 9.73. The van der Waals surface area contributed by atoms with Crippen molar-refractivity contribution in [2.75, 3.05) is 0 Å². The zero-order valence-electron chi connectivity index (χ0n) is 18.3. The first kappa shape index (κ1) is 23.4. The second-order valence-electron chi connectivity index (χ2n) is 9.99. The summed E-state index contributed by atoms with van der Waals surface area (Å²) in [5.74, 6) is -1.04. The molecule has 1 fully saturated rings. The standard InChI is InChI=1S/C24H38O5/c1-23(2,3)12-8-4-6-10-17-18(21(27)20(26)16-19(17)25)11-7-5-9-13-24(14-15-24)22(28)29/h16,25-27H,4-15H2,1-3H3,(H,28,29). The van der Waals surface area contributed by atoms with Gasteiger partial charge in [0.1, 0.15) is 5.75 Å². The molecule has 29 heavy (non-hydrogen) atoms. The Bertz CT molecular complexity index is 698. The van der Waals surface area contributed by atoms with Crippen LogP contribution in [0.2, 0.25) is 0 Å². The average molecular weight is 407 g/mol. The number of aliphatic carboxylic acids is 1. The molecule has 1 saturated carbocycles. The Morgan fingerprint density at radius 1 is 0.897 bits per heavy atom. The summed E-state index contributed by atoms with van der Waals surface area (Å²) < 4.78 is 0. The molecular weight excluding hydrogens is 368 g/mol. The van der Waals surface area contributed by atoms with Crippen LogP contribution in [0.15, 0.2) is 6.07 Å². The van der Waals surface area contributed by atoms with Gasteiger partial charge in [0.2, 0.25) is 0 Å². The molecule has 0 radical (unpaired) electrons. The SMILES string of the molecule is CC(C)(C)CCCCCc1c(O)cc(O)c(O)c1CCCCCC1(C(=O)O)CC1. The summed E-state index contributed by atoms with van der Waals surface area (Å²) in [6, 6.07) is 1.23. The minimum atomic E-state index is -0.679. The Morgan fingerprint density at radius 3 is 2.03 bits per heavy atom. The van der Waals surface area contributed by atoms with Crippen LogP contribution in [0, 0.1) is 10.8 Å². The maximum Gasteiger partial charge on any atom is 0.309 e. The molecule has 0 aromatic heterocycles. The second-order valence-corrected chi connectivity index (χ2v) is 9.99. The first-order valence-electron chi connectivity index (χ1n) is 11.0. The summed E-state index contributed by atoms with van der Waals surface area (Å²) in [4.78, 5) is 11.2. The molecule has 5 nitrogen and oxygen atoms in total. The lowest BCUT2D eigenvalue weighted by Crippen LogP contribution is -2.14. The van der Waals surface area contributed by atoms with Crippen molar-refractivity contribution < 1.29 is 25.2 Å². The average Bonchev–Trinajstić information content (AvgIpc) is 3.40. The van der Waals surface area contributed by atoms with E-state index >= 15 is 0 Å². The molecule has 0 amide bonds. The van der Waals surface area contributed by atoms with E-state index in [-0.39, 0.29) is 17.2 Å². The number of phenols is 3. The van der Waals surface area contributed by atoms with Crippen molar-refractivity contribution in [2.24, 2.45) is 10.8 Å². The summed E-state index contributed by atoms with van der Waals surface area (Å²) in [6.45, 7) is 6.70. The Labute approximate surface area is 174 Å². The van der Waals surface area contributed by atoms with E-state index < -0.39 is 11.4 Å². The Kier molecular flexibility index (Phi) is 7.84. The highest BCUT2D eigenvalue weighted by Gasteiger charge is 2.49. The van der Waals surface area contributed by atoms with Gasteiger partial charge in [-0.1, -0.05) is 46.5 Å². The van der Waals surface area contributed by atoms with Crippen LogP contribution in [0.4, 0.5) is 0 Å². The fraction of sp³-hybridized carbons (Fsp3) is 0.708. The first-order valence-corrected chi connectivity index (χ1v) is 11.0. The normalized spacial score (nSPS) is 15.4. The molecular formula is C24H38O5. The molecule has 0 saturated heterocycles. The van der Waals surface area contributed by atoms with Gasteiger partial charge in [-0.15, -0.1) is 0 Å². The number of carboxylic acid groups (broad SMARTS) is 1. The number of unbranched alkanes of at least 4 members (excludes halogenated alkanes) is 4. The zero-order valence-corrected chi connectivity index (χ0v) is 18.3. The molecule has 1 aliphatic carbocycles. The lowest BCUT2D eigenvalue weighted by atomic mass is 9.88. The Balaban J connectivity index is 1.87. The molecule has 5 heteroatoms. The fourth-order valence-corrected chi connectivity index (χ4v) is 4.08. The Morgan fingerprint density at radius 2 is 1.48 bits per heavy atom. The molecule has 0 atom stereocenters. The topological polar surface area (TPSA) is 98.0 Å². The van der Waals surface area contributed by atoms with Crippen LogP contribution in [0.3, 0.4) is 0 Å². The fourth-order valence-electron chi connectivity index (χ4n) is 4.08. The highest BCUT2D eigenvalue weighted by atomic mass is 16.4. The van der Waals surface area contributed by atoms with Crippen LogP contribution in [-0.2, 0) is 17.6 Å². The lowest BCUT2D eigenvalue weighted by Gasteiger charge is -2.18. The molecule has 1 aliphatic rings. The number of phenolic OH excluding ortho intramolecular Hbond substituents is 3. The van der Waals surface area contributed by atoms with Crippen LogP contribution in [0.1, 0.15) is 96.1 Å². The van der Waals surface area contributed by atoms with Crippen molar-refractivity contribution in [3.63, 3.8) is 0 Å². The Hall–Kier alpha value is -1.91. The summed E-state index contributed by atoms with van der Waals surface area (Å²) >= 11 is 0. The van der Waals surface area contributed by atoms with E-state index in [1.807, 2.05) is 0 Å². The van der Waals surface area contributed by atoms with Crippen LogP contribution in [-0.4, -0.2) is 26.4 Å². The van der Waals surface area contributed by atoms with Gasteiger partial charge in [-0.2, -0.15) is 0 Å². The molecule has 0 heterocycles. The number of benzene rings is 1. The number of carboxylic acids is 1. The van der Waals surface area contributed by atoms with Crippen LogP contribution in [0.5, 0.6) is 17.2 Å². The number of rotatable bonds is 12. The van der Waals surface area contributed by atoms with E-state index in [9.17, 15) is 25.2 Å². The summed E-state index contributed by atoms with van der Waals surface area (Å²) in [5, 5.41) is 39.8. The molecule has 0 aliphatic heterocycles. The van der Waals surface area contributed by atoms with Crippen molar-refractivity contribution in [3.8, 4) is 17.2 Å². The van der Waals surface area contributed by atoms with Crippen LogP contribution < -0.4 is 0 Å². The van der Waals surface area contributed by atoms with Gasteiger partial charge in [-0.05, 0) is 56.8 Å². The predicted octanol–water partition coefficient (Wildman–Crippen LogP) is 5.92. The highest BCUT2D eigenvalue weighted by molar-refractivity contribution is 5.77. The van der Waals surface area contributed by atoms with E-state index in [0.29, 0.717) is 30.2 Å². The highest BCUT2D eigenvalue weighted by Crippen LogP contribution is 2.50. The summed E-state index contributed by atoms with van der Waals surface area (Å²) in [7, 11) is 0. The lowest BCUT2D eigenvalue weighted by molar-refractivity contribution is -0.143. The van der Waals surface area contributed by atoms with Crippen LogP contribution in [0.25, 0.3) is 0 Å². The van der Waals surface area contributed by atoms with Gasteiger partial charge in [-0.3, -0.25) is 4.79 Å². The number of carbonyl (C=O) groups is 1. The molecule has 0 unspecified atom stereocenters. The van der Waals surface area contributed by atoms with Crippen molar-refractivity contribution in [1.82, 2.24) is 0 Å². The molecule has 0 spiro atoms. The maximum atomic E-state index is 11.2. The van der Waals surface area contributed by atoms with E-state index in [1.54, 1.807) is 0 Å². The number of aromatic hydroxyl groups is 3. The maximum absolute atomic E-state index is 11.2. The van der Waals surface area contributed by atoms with Crippen molar-refractivity contribution in [1.29, 1.82) is 0 Å². The van der Waals surface area contributed by atoms with Crippen molar-refractivity contribution >= 4 is 5.97 Å². The molecule has 0 bridgehead atoms. The minimum absolute atomic E-state index is 0.0499. The smallest absolute Gasteiger partial charge is 0.309 e. The zero-order chi connectivity index (χ0) is 21.7. The van der Waals surface area contributed by atoms with Crippen molar-refractivity contribution in [2.45, 2.75) is 97.8 Å². The predicted molar refractivity (Wildman–Crippen MR) is 115 cm³/mol. The molecule has 2 rings (SSSR count). The van der Waals surface area contributed by atoms with E-state index in [0.717, 1.165) is 63.4 Å². The number of hydrogen-bond acceptors (Lipinski definition) is 4.